The number of piperazine rings is 1. The molecule has 2 N–H and O–H groups in total. The summed E-state index contributed by atoms with van der Waals surface area (Å²) in [7, 11) is 1.48. The maximum absolute atomic E-state index is 15.9. The Kier molecular flexibility index (Phi) is 8.61. The van der Waals surface area contributed by atoms with E-state index in [1.54, 1.807) is 12.3 Å². The molecule has 8 nitrogen and oxygen atoms in total. The predicted molar refractivity (Wildman–Crippen MR) is 159 cm³/mol. The molecule has 2 unspecified atom stereocenters. The van der Waals surface area contributed by atoms with Crippen molar-refractivity contribution in [2.24, 2.45) is 0 Å². The average molecular weight is 547 g/mol. The molecule has 0 saturated carbocycles. The Morgan fingerprint density at radius 2 is 1.77 bits per heavy atom. The zero-order valence-electron chi connectivity index (χ0n) is 23.8. The van der Waals surface area contributed by atoms with Crippen molar-refractivity contribution in [3.8, 4) is 23.0 Å². The molecule has 2 aromatic carbocycles. The zero-order chi connectivity index (χ0) is 28.2. The molecule has 3 aliphatic heterocycles. The minimum atomic E-state index is -0.557. The van der Waals surface area contributed by atoms with Crippen LogP contribution in [0.2, 0.25) is 0 Å². The highest BCUT2D eigenvalue weighted by atomic mass is 19.1. The molecule has 4 aromatic rings. The van der Waals surface area contributed by atoms with E-state index in [0.29, 0.717) is 28.9 Å². The van der Waals surface area contributed by atoms with E-state index >= 15 is 4.39 Å². The van der Waals surface area contributed by atoms with Crippen LogP contribution in [0.5, 0.6) is 11.8 Å². The van der Waals surface area contributed by atoms with Crippen LogP contribution in [0.15, 0.2) is 42.6 Å². The first-order valence-electron chi connectivity index (χ1n) is 14.4. The van der Waals surface area contributed by atoms with Gasteiger partial charge in [-0.05, 0) is 61.8 Å². The van der Waals surface area contributed by atoms with E-state index in [-0.39, 0.29) is 23.0 Å². The Labute approximate surface area is 235 Å². The van der Waals surface area contributed by atoms with Crippen molar-refractivity contribution in [2.45, 2.75) is 52.1 Å². The maximum Gasteiger partial charge on any atom is 0.318 e. The highest BCUT2D eigenvalue weighted by Crippen LogP contribution is 2.37. The maximum atomic E-state index is 15.9. The number of pyridine rings is 1. The van der Waals surface area contributed by atoms with E-state index in [0.717, 1.165) is 36.7 Å². The molecule has 212 valence electrons. The monoisotopic (exact) mass is 546 g/mol. The van der Waals surface area contributed by atoms with Crippen LogP contribution in [0.25, 0.3) is 32.9 Å². The van der Waals surface area contributed by atoms with Crippen LogP contribution in [0.4, 0.5) is 10.2 Å². The van der Waals surface area contributed by atoms with Gasteiger partial charge in [0, 0.05) is 36.9 Å². The highest BCUT2D eigenvalue weighted by molar-refractivity contribution is 5.99. The quantitative estimate of drug-likeness (QED) is 0.353. The van der Waals surface area contributed by atoms with Crippen LogP contribution in [0.1, 0.15) is 40.0 Å². The number of ether oxygens (including phenoxy) is 1. The lowest BCUT2D eigenvalue weighted by Crippen LogP contribution is -2.51. The summed E-state index contributed by atoms with van der Waals surface area (Å²) in [6.45, 7) is 11.7. The Morgan fingerprint density at radius 3 is 2.40 bits per heavy atom. The van der Waals surface area contributed by atoms with Crippen molar-refractivity contribution in [1.82, 2.24) is 25.2 Å². The third-order valence-electron chi connectivity index (χ3n) is 7.84. The standard InChI is InChI=1S/C24H22FN5O2.C5H11N.C2H6/c1-32-24-28-22-19(23(29-24)30-11-14-6-7-15(12-30)27-14)10-26-21(20(22)25)18-9-16(31)8-13-4-2-3-5-17(13)18;1-2-6-4-3-5-6;1-2/h2-5,8-10,14-15,27,31H,6-7,11-12H2,1H3;2-5H2,1H3;1-2H3. The number of methoxy groups -OCH3 is 1. The van der Waals surface area contributed by atoms with E-state index in [1.165, 1.54) is 39.2 Å². The number of aromatic hydroxyl groups is 1. The molecule has 2 atom stereocenters. The molecular formula is C31H39FN6O2. The van der Waals surface area contributed by atoms with Gasteiger partial charge >= 0.3 is 6.01 Å². The van der Waals surface area contributed by atoms with Gasteiger partial charge < -0.3 is 25.0 Å². The molecule has 2 aromatic heterocycles. The zero-order valence-corrected chi connectivity index (χ0v) is 23.8. The number of aromatic nitrogens is 3. The van der Waals surface area contributed by atoms with Crippen molar-refractivity contribution in [3.63, 3.8) is 0 Å². The summed E-state index contributed by atoms with van der Waals surface area (Å²) in [5.74, 6) is 0.138. The van der Waals surface area contributed by atoms with Crippen molar-refractivity contribution >= 4 is 27.5 Å². The molecule has 40 heavy (non-hydrogen) atoms. The topological polar surface area (TPSA) is 86.6 Å². The number of fused-ring (bicyclic) bond motifs is 4. The van der Waals surface area contributed by atoms with Gasteiger partial charge in [-0.25, -0.2) is 4.39 Å². The van der Waals surface area contributed by atoms with Crippen LogP contribution in [0, 0.1) is 5.82 Å². The number of nitrogens with zero attached hydrogens (tertiary/aromatic N) is 5. The molecule has 5 heterocycles. The first kappa shape index (κ1) is 28.0. The van der Waals surface area contributed by atoms with Crippen LogP contribution < -0.4 is 15.0 Å². The van der Waals surface area contributed by atoms with Gasteiger partial charge in [0.25, 0.3) is 0 Å². The van der Waals surface area contributed by atoms with E-state index in [2.05, 4.69) is 37.0 Å². The molecule has 3 fully saturated rings. The second-order valence-electron chi connectivity index (χ2n) is 10.3. The number of anilines is 1. The van der Waals surface area contributed by atoms with Gasteiger partial charge in [-0.3, -0.25) is 4.98 Å². The van der Waals surface area contributed by atoms with E-state index in [4.69, 9.17) is 4.74 Å². The second-order valence-corrected chi connectivity index (χ2v) is 10.3. The number of rotatable bonds is 4. The minimum Gasteiger partial charge on any atom is -0.508 e. The number of nitrogens with one attached hydrogen (secondary N) is 1. The van der Waals surface area contributed by atoms with Gasteiger partial charge in [0.15, 0.2) is 5.82 Å². The summed E-state index contributed by atoms with van der Waals surface area (Å²) in [5.41, 5.74) is 0.811. The van der Waals surface area contributed by atoms with E-state index < -0.39 is 5.82 Å². The summed E-state index contributed by atoms with van der Waals surface area (Å²) >= 11 is 0. The van der Waals surface area contributed by atoms with Gasteiger partial charge in [-0.2, -0.15) is 9.97 Å². The lowest BCUT2D eigenvalue weighted by molar-refractivity contribution is 0.192. The smallest absolute Gasteiger partial charge is 0.318 e. The number of benzene rings is 2. The first-order valence-corrected chi connectivity index (χ1v) is 14.4. The summed E-state index contributed by atoms with van der Waals surface area (Å²) in [4.78, 5) is 18.0. The van der Waals surface area contributed by atoms with Gasteiger partial charge in [-0.1, -0.05) is 45.0 Å². The fourth-order valence-electron chi connectivity index (χ4n) is 5.70. The number of hydrogen-bond acceptors (Lipinski definition) is 8. The van der Waals surface area contributed by atoms with Gasteiger partial charge in [-0.15, -0.1) is 0 Å². The molecule has 0 spiro atoms. The molecule has 0 radical (unpaired) electrons. The Bertz CT molecular complexity index is 1460. The van der Waals surface area contributed by atoms with E-state index in [9.17, 15) is 5.11 Å². The third kappa shape index (κ3) is 5.53. The summed E-state index contributed by atoms with van der Waals surface area (Å²) in [5, 5.41) is 16.0. The van der Waals surface area contributed by atoms with Crippen molar-refractivity contribution < 1.29 is 14.2 Å². The Hall–Kier alpha value is -3.56. The summed E-state index contributed by atoms with van der Waals surface area (Å²) < 4.78 is 21.2. The molecule has 0 amide bonds. The number of likely N-dealkylation sites (tertiary alicyclic amines) is 1. The van der Waals surface area contributed by atoms with E-state index in [1.807, 2.05) is 38.1 Å². The van der Waals surface area contributed by atoms with Crippen LogP contribution in [0.3, 0.4) is 0 Å². The van der Waals surface area contributed by atoms with Gasteiger partial charge in [0.1, 0.15) is 22.8 Å². The average Bonchev–Trinajstić information content (AvgIpc) is 3.30. The first-order chi connectivity index (χ1) is 19.5. The normalized spacial score (nSPS) is 19.9. The Balaban J connectivity index is 0.000000354. The van der Waals surface area contributed by atoms with Crippen LogP contribution >= 0.6 is 0 Å². The van der Waals surface area contributed by atoms with Crippen molar-refractivity contribution in [1.29, 1.82) is 0 Å². The lowest BCUT2D eigenvalue weighted by Gasteiger charge is -2.34. The SMILES string of the molecule is CC.CCN1CCC1.COc1nc(N2CC3CCC(C2)N3)c2cnc(-c3cc(O)cc4ccccc34)c(F)c2n1. The number of halogens is 1. The number of hydrogen-bond donors (Lipinski definition) is 2. The fourth-order valence-corrected chi connectivity index (χ4v) is 5.70. The molecule has 0 aliphatic carbocycles. The fraction of sp³-hybridized carbons (Fsp3) is 0.452. The largest absolute Gasteiger partial charge is 0.508 e. The van der Waals surface area contributed by atoms with Gasteiger partial charge in [0.2, 0.25) is 0 Å². The Morgan fingerprint density at radius 1 is 1.05 bits per heavy atom. The molecule has 9 heteroatoms. The highest BCUT2D eigenvalue weighted by Gasteiger charge is 2.34. The molecule has 3 saturated heterocycles. The lowest BCUT2D eigenvalue weighted by atomic mass is 10.0. The summed E-state index contributed by atoms with van der Waals surface area (Å²) in [6.07, 6.45) is 5.31. The second kappa shape index (κ2) is 12.3. The van der Waals surface area contributed by atoms with Crippen molar-refractivity contribution in [2.75, 3.05) is 44.7 Å². The molecular weight excluding hydrogens is 507 g/mol. The van der Waals surface area contributed by atoms with Gasteiger partial charge in [0.05, 0.1) is 12.5 Å². The third-order valence-corrected chi connectivity index (χ3v) is 7.84. The molecule has 7 rings (SSSR count). The van der Waals surface area contributed by atoms with Crippen LogP contribution in [-0.2, 0) is 0 Å². The molecule has 2 bridgehead atoms. The number of phenols is 1. The minimum absolute atomic E-state index is 0.0530. The number of phenolic OH excluding ortho intramolecular Hbond substituents is 1. The molecule has 3 aliphatic rings. The van der Waals surface area contributed by atoms with Crippen LogP contribution in [-0.4, -0.2) is 76.9 Å². The predicted octanol–water partition coefficient (Wildman–Crippen LogP) is 5.38. The van der Waals surface area contributed by atoms with Crippen molar-refractivity contribution in [3.05, 3.63) is 48.4 Å². The summed E-state index contributed by atoms with van der Waals surface area (Å²) in [6, 6.07) is 11.6.